The van der Waals surface area contributed by atoms with Crippen LogP contribution in [0.3, 0.4) is 0 Å². The van der Waals surface area contributed by atoms with Crippen molar-refractivity contribution in [3.05, 3.63) is 34.9 Å². The molecular weight excluding hydrogens is 316 g/mol. The van der Waals surface area contributed by atoms with Crippen LogP contribution in [0.4, 0.5) is 8.78 Å². The molecule has 2 rings (SSSR count). The van der Waals surface area contributed by atoms with E-state index in [2.05, 4.69) is 15.5 Å². The summed E-state index contributed by atoms with van der Waals surface area (Å²) in [6.45, 7) is 1.30. The van der Waals surface area contributed by atoms with Gasteiger partial charge in [-0.1, -0.05) is 11.8 Å². The number of carboxylic acids is 1. The van der Waals surface area contributed by atoms with Gasteiger partial charge in [-0.2, -0.15) is 5.10 Å². The Balaban J connectivity index is 2.08. The summed E-state index contributed by atoms with van der Waals surface area (Å²) in [7, 11) is 0. The van der Waals surface area contributed by atoms with E-state index < -0.39 is 28.8 Å². The van der Waals surface area contributed by atoms with Crippen LogP contribution in [-0.4, -0.2) is 33.6 Å². The van der Waals surface area contributed by atoms with Crippen molar-refractivity contribution < 1.29 is 23.5 Å². The molecule has 0 aromatic heterocycles. The molecule has 1 amide bonds. The highest BCUT2D eigenvalue weighted by Crippen LogP contribution is 2.22. The minimum atomic E-state index is -1.10. The monoisotopic (exact) mass is 327 g/mol. The Labute approximate surface area is 128 Å². The van der Waals surface area contributed by atoms with Gasteiger partial charge in [-0.15, -0.1) is 5.10 Å². The van der Waals surface area contributed by atoms with Crippen LogP contribution >= 0.6 is 11.8 Å². The maximum absolute atomic E-state index is 13.7. The zero-order valence-corrected chi connectivity index (χ0v) is 12.2. The topological polar surface area (TPSA) is 91.1 Å². The molecule has 1 aliphatic heterocycles. The Hall–Kier alpha value is -2.29. The summed E-state index contributed by atoms with van der Waals surface area (Å²) in [6, 6.07) is 2.33. The SMILES string of the molecule is Cc1c(F)ccc(C=NN=C2NC(=O)C(CC(=O)O)S2)c1F. The fourth-order valence-corrected chi connectivity index (χ4v) is 2.59. The maximum atomic E-state index is 13.7. The Bertz CT molecular complexity index is 691. The number of nitrogens with zero attached hydrogens (tertiary/aromatic N) is 2. The summed E-state index contributed by atoms with van der Waals surface area (Å²) in [4.78, 5) is 22.0. The van der Waals surface area contributed by atoms with Gasteiger partial charge >= 0.3 is 5.97 Å². The number of hydrogen-bond acceptors (Lipinski definition) is 5. The normalized spacial score (nSPS) is 19.9. The lowest BCUT2D eigenvalue weighted by molar-refractivity contribution is -0.138. The molecule has 9 heteroatoms. The molecule has 0 aliphatic carbocycles. The van der Waals surface area contributed by atoms with Crippen LogP contribution < -0.4 is 5.32 Å². The smallest absolute Gasteiger partial charge is 0.305 e. The quantitative estimate of drug-likeness (QED) is 0.650. The number of halogens is 2. The number of rotatable bonds is 4. The van der Waals surface area contributed by atoms with Crippen molar-refractivity contribution >= 4 is 35.0 Å². The second-order valence-electron chi connectivity index (χ2n) is 4.42. The molecule has 0 bridgehead atoms. The van der Waals surface area contributed by atoms with E-state index in [0.717, 1.165) is 24.0 Å². The van der Waals surface area contributed by atoms with Crippen molar-refractivity contribution in [1.82, 2.24) is 5.32 Å². The van der Waals surface area contributed by atoms with Crippen LogP contribution in [0.15, 0.2) is 22.3 Å². The summed E-state index contributed by atoms with van der Waals surface area (Å²) in [5, 5.41) is 17.7. The molecule has 1 aromatic rings. The van der Waals surface area contributed by atoms with Crippen molar-refractivity contribution in [3.8, 4) is 0 Å². The number of aliphatic carboxylic acids is 1. The van der Waals surface area contributed by atoms with Crippen LogP contribution in [0.5, 0.6) is 0 Å². The van der Waals surface area contributed by atoms with Gasteiger partial charge in [0.1, 0.15) is 16.9 Å². The first-order valence-electron chi connectivity index (χ1n) is 6.13. The van der Waals surface area contributed by atoms with Crippen molar-refractivity contribution in [3.63, 3.8) is 0 Å². The summed E-state index contributed by atoms with van der Waals surface area (Å²) < 4.78 is 26.8. The van der Waals surface area contributed by atoms with Crippen molar-refractivity contribution in [1.29, 1.82) is 0 Å². The summed E-state index contributed by atoms with van der Waals surface area (Å²) in [5.41, 5.74) is -0.0682. The first-order chi connectivity index (χ1) is 10.4. The molecule has 1 heterocycles. The molecule has 1 saturated heterocycles. The van der Waals surface area contributed by atoms with Gasteiger partial charge in [-0.05, 0) is 19.1 Å². The van der Waals surface area contributed by atoms with Crippen LogP contribution in [0.1, 0.15) is 17.5 Å². The van der Waals surface area contributed by atoms with Crippen molar-refractivity contribution in [2.24, 2.45) is 10.2 Å². The first-order valence-corrected chi connectivity index (χ1v) is 7.01. The molecule has 1 unspecified atom stereocenters. The third kappa shape index (κ3) is 3.67. The third-order valence-corrected chi connectivity index (χ3v) is 3.90. The molecule has 0 spiro atoms. The number of nitrogens with one attached hydrogen (secondary N) is 1. The second-order valence-corrected chi connectivity index (χ2v) is 5.61. The van der Waals surface area contributed by atoms with Gasteiger partial charge in [0.25, 0.3) is 0 Å². The highest BCUT2D eigenvalue weighted by molar-refractivity contribution is 8.15. The molecule has 1 aromatic carbocycles. The summed E-state index contributed by atoms with van der Waals surface area (Å²) in [6.07, 6.45) is 0.761. The van der Waals surface area contributed by atoms with E-state index in [0.29, 0.717) is 0 Å². The van der Waals surface area contributed by atoms with Gasteiger partial charge in [0.2, 0.25) is 5.91 Å². The molecule has 0 radical (unpaired) electrons. The molecule has 6 nitrogen and oxygen atoms in total. The van der Waals surface area contributed by atoms with Crippen LogP contribution in [0.2, 0.25) is 0 Å². The molecule has 22 heavy (non-hydrogen) atoms. The average Bonchev–Trinajstić information content (AvgIpc) is 2.78. The lowest BCUT2D eigenvalue weighted by Crippen LogP contribution is -2.26. The fraction of sp³-hybridized carbons (Fsp3) is 0.231. The van der Waals surface area contributed by atoms with E-state index >= 15 is 0 Å². The van der Waals surface area contributed by atoms with Crippen molar-refractivity contribution in [2.75, 3.05) is 0 Å². The van der Waals surface area contributed by atoms with E-state index in [1.807, 2.05) is 0 Å². The predicted molar refractivity (Wildman–Crippen MR) is 77.9 cm³/mol. The van der Waals surface area contributed by atoms with E-state index in [4.69, 9.17) is 5.11 Å². The van der Waals surface area contributed by atoms with Gasteiger partial charge < -0.3 is 10.4 Å². The van der Waals surface area contributed by atoms with Gasteiger partial charge in [-0.25, -0.2) is 8.78 Å². The van der Waals surface area contributed by atoms with E-state index in [-0.39, 0.29) is 22.7 Å². The van der Waals surface area contributed by atoms with E-state index in [9.17, 15) is 18.4 Å². The Morgan fingerprint density at radius 1 is 1.50 bits per heavy atom. The van der Waals surface area contributed by atoms with Crippen LogP contribution in [0.25, 0.3) is 0 Å². The number of carboxylic acid groups (broad SMARTS) is 1. The van der Waals surface area contributed by atoms with E-state index in [1.54, 1.807) is 0 Å². The number of thioether (sulfide) groups is 1. The van der Waals surface area contributed by atoms with Gasteiger partial charge in [0.15, 0.2) is 5.17 Å². The highest BCUT2D eigenvalue weighted by atomic mass is 32.2. The predicted octanol–water partition coefficient (Wildman–Crippen LogP) is 1.67. The van der Waals surface area contributed by atoms with Crippen LogP contribution in [-0.2, 0) is 9.59 Å². The first kappa shape index (κ1) is 16.1. The van der Waals surface area contributed by atoms with Crippen molar-refractivity contribution in [2.45, 2.75) is 18.6 Å². The lowest BCUT2D eigenvalue weighted by atomic mass is 10.1. The zero-order chi connectivity index (χ0) is 16.3. The fourth-order valence-electron chi connectivity index (χ4n) is 1.67. The Kier molecular flexibility index (Phi) is 4.86. The summed E-state index contributed by atoms with van der Waals surface area (Å²) in [5.74, 6) is -2.96. The van der Waals surface area contributed by atoms with Crippen LogP contribution in [0, 0.1) is 18.6 Å². The minimum Gasteiger partial charge on any atom is -0.481 e. The van der Waals surface area contributed by atoms with Gasteiger partial charge in [0, 0.05) is 11.1 Å². The van der Waals surface area contributed by atoms with Gasteiger partial charge in [-0.3, -0.25) is 9.59 Å². The number of amidine groups is 1. The Morgan fingerprint density at radius 3 is 2.91 bits per heavy atom. The second kappa shape index (κ2) is 6.65. The molecule has 0 saturated carbocycles. The molecular formula is C13H11F2N3O3S. The maximum Gasteiger partial charge on any atom is 0.305 e. The number of carbonyl (C=O) groups is 2. The zero-order valence-electron chi connectivity index (χ0n) is 11.3. The standard InChI is InChI=1S/C13H11F2N3O3S/c1-6-8(14)3-2-7(11(6)15)5-16-18-13-17-12(21)9(22-13)4-10(19)20/h2-3,5,9H,4H2,1H3,(H,19,20)(H,17,18,21). The molecule has 116 valence electrons. The number of hydrogen-bond donors (Lipinski definition) is 2. The average molecular weight is 327 g/mol. The Morgan fingerprint density at radius 2 is 2.23 bits per heavy atom. The summed E-state index contributed by atoms with van der Waals surface area (Å²) >= 11 is 0.933. The molecule has 1 fully saturated rings. The molecule has 2 N–H and O–H groups in total. The van der Waals surface area contributed by atoms with Gasteiger partial charge in [0.05, 0.1) is 12.6 Å². The number of carbonyl (C=O) groups excluding carboxylic acids is 1. The third-order valence-electron chi connectivity index (χ3n) is 2.83. The lowest BCUT2D eigenvalue weighted by Gasteiger charge is -2.00. The van der Waals surface area contributed by atoms with E-state index in [1.165, 1.54) is 13.0 Å². The largest absolute Gasteiger partial charge is 0.481 e. The highest BCUT2D eigenvalue weighted by Gasteiger charge is 2.32. The number of amides is 1. The molecule has 1 aliphatic rings. The minimum absolute atomic E-state index is 0.0552. The number of benzene rings is 1. The molecule has 1 atom stereocenters.